The second kappa shape index (κ2) is 7.63. The molecule has 0 aromatic rings. The number of halogens is 4. The van der Waals surface area contributed by atoms with Crippen molar-refractivity contribution in [3.63, 3.8) is 0 Å². The van der Waals surface area contributed by atoms with Gasteiger partial charge in [-0.2, -0.15) is 24.9 Å². The first-order valence-electron chi connectivity index (χ1n) is 4.73. The lowest BCUT2D eigenvalue weighted by molar-refractivity contribution is -0.873. The molecule has 0 radical (unpaired) electrons. The molecule has 1 atom stereocenters. The van der Waals surface area contributed by atoms with Gasteiger partial charge in [-0.05, 0) is 0 Å². The third kappa shape index (κ3) is 14.4. The van der Waals surface area contributed by atoms with Gasteiger partial charge in [0.15, 0.2) is 0 Å². The number of nitrogens with zero attached hydrogens (tertiary/aromatic N) is 1. The lowest BCUT2D eigenvalue weighted by Gasteiger charge is -2.26. The Balaban J connectivity index is 0. The number of hydrogen-bond acceptors (Lipinski definition) is 2. The molecular formula is C9H19ClF3NOS. The first-order valence-corrected chi connectivity index (χ1v) is 5.89. The summed E-state index contributed by atoms with van der Waals surface area (Å²) in [5.74, 6) is 0.392. The van der Waals surface area contributed by atoms with Crippen molar-refractivity contribution in [2.24, 2.45) is 0 Å². The minimum atomic E-state index is -4.09. The zero-order valence-corrected chi connectivity index (χ0v) is 11.3. The Morgan fingerprint density at radius 2 is 1.75 bits per heavy atom. The van der Waals surface area contributed by atoms with Crippen LogP contribution in [0.2, 0.25) is 0 Å². The van der Waals surface area contributed by atoms with E-state index in [0.29, 0.717) is 16.8 Å². The molecule has 0 bridgehead atoms. The van der Waals surface area contributed by atoms with Gasteiger partial charge in [0.1, 0.15) is 12.6 Å². The number of thioether (sulfide) groups is 1. The van der Waals surface area contributed by atoms with Gasteiger partial charge in [0.2, 0.25) is 0 Å². The third-order valence-corrected chi connectivity index (χ3v) is 2.71. The van der Waals surface area contributed by atoms with Gasteiger partial charge in [-0.1, -0.05) is 0 Å². The lowest BCUT2D eigenvalue weighted by Crippen LogP contribution is -3.00. The van der Waals surface area contributed by atoms with Crippen LogP contribution in [0.4, 0.5) is 13.2 Å². The zero-order valence-electron chi connectivity index (χ0n) is 9.72. The number of alkyl halides is 3. The molecule has 1 N–H and O–H groups in total. The smallest absolute Gasteiger partial charge is 0.389 e. The highest BCUT2D eigenvalue weighted by atomic mass is 35.5. The Morgan fingerprint density at radius 3 is 2.12 bits per heavy atom. The second-order valence-corrected chi connectivity index (χ2v) is 5.72. The van der Waals surface area contributed by atoms with Crippen LogP contribution >= 0.6 is 11.8 Å². The van der Waals surface area contributed by atoms with Crippen LogP contribution in [-0.2, 0) is 0 Å². The van der Waals surface area contributed by atoms with Crippen molar-refractivity contribution in [3.8, 4) is 0 Å². The summed E-state index contributed by atoms with van der Waals surface area (Å²) < 4.78 is 35.9. The summed E-state index contributed by atoms with van der Waals surface area (Å²) >= 11 is 1.15. The molecule has 100 valence electrons. The van der Waals surface area contributed by atoms with E-state index >= 15 is 0 Å². The summed E-state index contributed by atoms with van der Waals surface area (Å²) in [4.78, 5) is 0. The van der Waals surface area contributed by atoms with E-state index in [1.807, 2.05) is 21.1 Å². The largest absolute Gasteiger partial charge is 1.00 e. The molecule has 0 aromatic carbocycles. The molecule has 0 fully saturated rings. The SMILES string of the molecule is C[N+](C)(C)CC(O)CSCCC(F)(F)F.[Cl-]. The molecule has 0 heterocycles. The Bertz CT molecular complexity index is 185. The fourth-order valence-electron chi connectivity index (χ4n) is 1.09. The van der Waals surface area contributed by atoms with E-state index in [1.165, 1.54) is 0 Å². The van der Waals surface area contributed by atoms with Gasteiger partial charge in [0.05, 0.1) is 27.6 Å². The quantitative estimate of drug-likeness (QED) is 0.485. The third-order valence-electron chi connectivity index (χ3n) is 1.60. The number of quaternary nitrogens is 1. The van der Waals surface area contributed by atoms with Crippen molar-refractivity contribution >= 4 is 11.8 Å². The van der Waals surface area contributed by atoms with Crippen LogP contribution < -0.4 is 12.4 Å². The average Bonchev–Trinajstić information content (AvgIpc) is 1.92. The molecule has 16 heavy (non-hydrogen) atoms. The Hall–Kier alpha value is 0.350. The van der Waals surface area contributed by atoms with Crippen LogP contribution in [0.5, 0.6) is 0 Å². The molecule has 7 heteroatoms. The van der Waals surface area contributed by atoms with Crippen LogP contribution in [0.15, 0.2) is 0 Å². The van der Waals surface area contributed by atoms with E-state index in [2.05, 4.69) is 0 Å². The van der Waals surface area contributed by atoms with Gasteiger partial charge < -0.3 is 22.0 Å². The maximum Gasteiger partial charge on any atom is 0.389 e. The van der Waals surface area contributed by atoms with E-state index in [-0.39, 0.29) is 18.2 Å². The van der Waals surface area contributed by atoms with Crippen molar-refractivity contribution in [2.75, 3.05) is 39.2 Å². The highest BCUT2D eigenvalue weighted by molar-refractivity contribution is 7.99. The molecule has 1 unspecified atom stereocenters. The maximum absolute atomic E-state index is 11.8. The summed E-state index contributed by atoms with van der Waals surface area (Å²) in [7, 11) is 5.80. The minimum absolute atomic E-state index is 0. The lowest BCUT2D eigenvalue weighted by atomic mass is 10.3. The molecule has 0 saturated heterocycles. The Morgan fingerprint density at radius 1 is 1.25 bits per heavy atom. The Kier molecular flexibility index (Phi) is 8.92. The highest BCUT2D eigenvalue weighted by Gasteiger charge is 2.26. The first kappa shape index (κ1) is 18.7. The van der Waals surface area contributed by atoms with Crippen LogP contribution in [0, 0.1) is 0 Å². The molecule has 0 amide bonds. The standard InChI is InChI=1S/C9H19F3NOS.ClH/c1-13(2,3)6-8(14)7-15-5-4-9(10,11)12;/h8,14H,4-7H2,1-3H3;1H/q+1;/p-1. The first-order chi connectivity index (χ1) is 6.60. The predicted molar refractivity (Wildman–Crippen MR) is 56.9 cm³/mol. The van der Waals surface area contributed by atoms with Gasteiger partial charge in [0.25, 0.3) is 0 Å². The zero-order chi connectivity index (χ0) is 12.1. The monoisotopic (exact) mass is 281 g/mol. The van der Waals surface area contributed by atoms with E-state index in [0.717, 1.165) is 11.8 Å². The summed E-state index contributed by atoms with van der Waals surface area (Å²) in [5, 5.41) is 9.50. The van der Waals surface area contributed by atoms with E-state index in [4.69, 9.17) is 0 Å². The van der Waals surface area contributed by atoms with Gasteiger partial charge in [-0.25, -0.2) is 0 Å². The van der Waals surface area contributed by atoms with Gasteiger partial charge in [-0.3, -0.25) is 0 Å². The summed E-state index contributed by atoms with van der Waals surface area (Å²) in [6.45, 7) is 0.555. The molecule has 2 nitrogen and oxygen atoms in total. The van der Waals surface area contributed by atoms with E-state index in [1.54, 1.807) is 0 Å². The molecule has 0 spiro atoms. The number of rotatable bonds is 6. The van der Waals surface area contributed by atoms with Crippen LogP contribution in [0.1, 0.15) is 6.42 Å². The number of hydrogen-bond donors (Lipinski definition) is 1. The summed E-state index contributed by atoms with van der Waals surface area (Å²) in [6, 6.07) is 0. The fraction of sp³-hybridized carbons (Fsp3) is 1.00. The van der Waals surface area contributed by atoms with Crippen LogP contribution in [0.3, 0.4) is 0 Å². The topological polar surface area (TPSA) is 20.2 Å². The van der Waals surface area contributed by atoms with Crippen LogP contribution in [0.25, 0.3) is 0 Å². The van der Waals surface area contributed by atoms with Crippen molar-refractivity contribution in [1.82, 2.24) is 0 Å². The molecular weight excluding hydrogens is 263 g/mol. The highest BCUT2D eigenvalue weighted by Crippen LogP contribution is 2.22. The predicted octanol–water partition coefficient (Wildman–Crippen LogP) is -1.26. The number of aliphatic hydroxyl groups excluding tert-OH is 1. The number of aliphatic hydroxyl groups is 1. The van der Waals surface area contributed by atoms with Gasteiger partial charge >= 0.3 is 6.18 Å². The normalized spacial score (nSPS) is 14.4. The molecule has 0 aromatic heterocycles. The molecule has 0 aliphatic rings. The fourth-order valence-corrected chi connectivity index (χ4v) is 2.01. The molecule has 0 aliphatic heterocycles. The summed E-state index contributed by atoms with van der Waals surface area (Å²) in [5.41, 5.74) is 0. The van der Waals surface area contributed by atoms with Gasteiger partial charge in [0, 0.05) is 11.5 Å². The van der Waals surface area contributed by atoms with Crippen molar-refractivity contribution in [1.29, 1.82) is 0 Å². The molecule has 0 saturated carbocycles. The van der Waals surface area contributed by atoms with Gasteiger partial charge in [-0.15, -0.1) is 0 Å². The molecule has 0 rings (SSSR count). The average molecular weight is 282 g/mol. The second-order valence-electron chi connectivity index (χ2n) is 4.57. The van der Waals surface area contributed by atoms with Crippen LogP contribution in [-0.4, -0.2) is 61.1 Å². The van der Waals surface area contributed by atoms with E-state index in [9.17, 15) is 18.3 Å². The summed E-state index contributed by atoms with van der Waals surface area (Å²) in [6.07, 6.45) is -5.41. The minimum Gasteiger partial charge on any atom is -1.00 e. The Labute approximate surface area is 105 Å². The van der Waals surface area contributed by atoms with Crippen molar-refractivity contribution < 1.29 is 35.2 Å². The van der Waals surface area contributed by atoms with Crippen molar-refractivity contribution in [2.45, 2.75) is 18.7 Å². The molecule has 0 aliphatic carbocycles. The van der Waals surface area contributed by atoms with E-state index < -0.39 is 18.7 Å². The number of likely N-dealkylation sites (N-methyl/N-ethyl adjacent to an activating group) is 1. The maximum atomic E-state index is 11.8. The van der Waals surface area contributed by atoms with Crippen molar-refractivity contribution in [3.05, 3.63) is 0 Å².